The van der Waals surface area contributed by atoms with Gasteiger partial charge in [-0.15, -0.1) is 0 Å². The van der Waals surface area contributed by atoms with Gasteiger partial charge < -0.3 is 19.5 Å². The number of methoxy groups -OCH3 is 3. The van der Waals surface area contributed by atoms with E-state index in [1.54, 1.807) is 62.6 Å². The van der Waals surface area contributed by atoms with Crippen molar-refractivity contribution >= 4 is 21.6 Å². The van der Waals surface area contributed by atoms with E-state index in [0.717, 1.165) is 15.4 Å². The summed E-state index contributed by atoms with van der Waals surface area (Å²) >= 11 is 0. The molecule has 0 saturated carbocycles. The van der Waals surface area contributed by atoms with Crippen LogP contribution in [0.3, 0.4) is 0 Å². The van der Waals surface area contributed by atoms with Crippen LogP contribution in [-0.2, 0) is 14.8 Å². The lowest BCUT2D eigenvalue weighted by Crippen LogP contribution is -2.41. The number of anilines is 1. The second-order valence-corrected chi connectivity index (χ2v) is 9.76. The maximum Gasteiger partial charge on any atom is 0.268 e. The van der Waals surface area contributed by atoms with Crippen LogP contribution in [0.2, 0.25) is 0 Å². The number of hydrogen-bond acceptors (Lipinski definition) is 6. The second kappa shape index (κ2) is 11.1. The minimum atomic E-state index is -4.15. The quantitative estimate of drug-likeness (QED) is 0.452. The molecule has 186 valence electrons. The van der Waals surface area contributed by atoms with E-state index in [4.69, 9.17) is 14.2 Å². The highest BCUT2D eigenvalue weighted by Crippen LogP contribution is 2.31. The summed E-state index contributed by atoms with van der Waals surface area (Å²) in [5, 5.41) is 2.88. The molecule has 0 aliphatic heterocycles. The van der Waals surface area contributed by atoms with Crippen LogP contribution in [0.4, 0.5) is 5.69 Å². The Labute approximate surface area is 206 Å². The predicted octanol–water partition coefficient (Wildman–Crippen LogP) is 4.09. The molecule has 1 amide bonds. The van der Waals surface area contributed by atoms with Gasteiger partial charge >= 0.3 is 0 Å². The van der Waals surface area contributed by atoms with E-state index in [2.05, 4.69) is 5.32 Å². The summed E-state index contributed by atoms with van der Waals surface area (Å²) in [6, 6.07) is 18.3. The van der Waals surface area contributed by atoms with Gasteiger partial charge in [0.15, 0.2) is 0 Å². The van der Waals surface area contributed by atoms with Gasteiger partial charge in [-0.2, -0.15) is 0 Å². The minimum absolute atomic E-state index is 0.0215. The zero-order valence-electron chi connectivity index (χ0n) is 20.4. The van der Waals surface area contributed by atoms with Crippen LogP contribution in [0.25, 0.3) is 0 Å². The molecule has 0 spiro atoms. The number of carbonyl (C=O) groups excluding carboxylic acids is 1. The Morgan fingerprint density at radius 2 is 1.46 bits per heavy atom. The Balaban J connectivity index is 1.94. The average molecular weight is 499 g/mol. The van der Waals surface area contributed by atoms with E-state index in [1.807, 2.05) is 19.1 Å². The van der Waals surface area contributed by atoms with Gasteiger partial charge in [-0.3, -0.25) is 9.10 Å². The first-order chi connectivity index (χ1) is 16.7. The molecule has 9 heteroatoms. The van der Waals surface area contributed by atoms with Crippen molar-refractivity contribution in [3.05, 3.63) is 77.9 Å². The number of aryl methyl sites for hydroxylation is 1. The molecule has 0 radical (unpaired) electrons. The Morgan fingerprint density at radius 1 is 0.886 bits per heavy atom. The Kier molecular flexibility index (Phi) is 8.24. The average Bonchev–Trinajstić information content (AvgIpc) is 2.87. The molecule has 1 atom stereocenters. The van der Waals surface area contributed by atoms with Crippen molar-refractivity contribution in [1.29, 1.82) is 0 Å². The zero-order valence-corrected chi connectivity index (χ0v) is 21.3. The zero-order chi connectivity index (χ0) is 25.6. The van der Waals surface area contributed by atoms with Crippen LogP contribution in [0.5, 0.6) is 17.2 Å². The summed E-state index contributed by atoms with van der Waals surface area (Å²) in [5.41, 5.74) is 1.93. The van der Waals surface area contributed by atoms with Crippen molar-refractivity contribution in [2.24, 2.45) is 0 Å². The molecule has 3 rings (SSSR count). The Morgan fingerprint density at radius 3 is 2.00 bits per heavy atom. The molecule has 0 aliphatic carbocycles. The number of benzene rings is 3. The third-order valence-corrected chi connectivity index (χ3v) is 7.32. The second-order valence-electron chi connectivity index (χ2n) is 7.93. The molecule has 0 bridgehead atoms. The normalized spacial score (nSPS) is 11.9. The largest absolute Gasteiger partial charge is 0.497 e. The molecule has 0 aliphatic rings. The summed E-state index contributed by atoms with van der Waals surface area (Å²) in [5.74, 6) is 1.01. The Hall–Kier alpha value is -3.72. The monoisotopic (exact) mass is 498 g/mol. The van der Waals surface area contributed by atoms with E-state index < -0.39 is 22.5 Å². The number of nitrogens with zero attached hydrogens (tertiary/aromatic N) is 1. The fourth-order valence-electron chi connectivity index (χ4n) is 3.56. The van der Waals surface area contributed by atoms with Crippen LogP contribution < -0.4 is 23.8 Å². The highest BCUT2D eigenvalue weighted by Gasteiger charge is 2.30. The SMILES string of the molecule is COc1ccc([C@H](C)NC(=O)CN(c2ccc(OC)cc2)S(=O)(=O)c2cc(C)ccc2OC)cc1. The van der Waals surface area contributed by atoms with Crippen LogP contribution >= 0.6 is 0 Å². The minimum Gasteiger partial charge on any atom is -0.497 e. The van der Waals surface area contributed by atoms with Gasteiger partial charge in [0.05, 0.1) is 33.1 Å². The number of carbonyl (C=O) groups is 1. The van der Waals surface area contributed by atoms with Crippen molar-refractivity contribution in [2.45, 2.75) is 24.8 Å². The topological polar surface area (TPSA) is 94.2 Å². The molecule has 1 N–H and O–H groups in total. The lowest BCUT2D eigenvalue weighted by molar-refractivity contribution is -0.120. The van der Waals surface area contributed by atoms with Crippen molar-refractivity contribution in [1.82, 2.24) is 5.32 Å². The van der Waals surface area contributed by atoms with Gasteiger partial charge in [0, 0.05) is 0 Å². The molecule has 0 saturated heterocycles. The maximum absolute atomic E-state index is 13.8. The van der Waals surface area contributed by atoms with E-state index in [-0.39, 0.29) is 16.7 Å². The lowest BCUT2D eigenvalue weighted by Gasteiger charge is -2.26. The fraction of sp³-hybridized carbons (Fsp3) is 0.269. The van der Waals surface area contributed by atoms with Gasteiger partial charge in [-0.05, 0) is 73.5 Å². The molecule has 35 heavy (non-hydrogen) atoms. The number of hydrogen-bond donors (Lipinski definition) is 1. The van der Waals surface area contributed by atoms with E-state index >= 15 is 0 Å². The molecule has 0 aromatic heterocycles. The van der Waals surface area contributed by atoms with E-state index in [0.29, 0.717) is 17.2 Å². The van der Waals surface area contributed by atoms with Crippen molar-refractivity contribution in [3.8, 4) is 17.2 Å². The fourth-order valence-corrected chi connectivity index (χ4v) is 5.23. The molecule has 3 aromatic rings. The van der Waals surface area contributed by atoms with Gasteiger partial charge in [-0.1, -0.05) is 18.2 Å². The summed E-state index contributed by atoms with van der Waals surface area (Å²) in [6.45, 7) is 3.20. The van der Waals surface area contributed by atoms with Crippen LogP contribution in [0.15, 0.2) is 71.6 Å². The van der Waals surface area contributed by atoms with Crippen molar-refractivity contribution in [3.63, 3.8) is 0 Å². The van der Waals surface area contributed by atoms with E-state index in [9.17, 15) is 13.2 Å². The van der Waals surface area contributed by atoms with Gasteiger partial charge in [0.1, 0.15) is 28.7 Å². The van der Waals surface area contributed by atoms with Gasteiger partial charge in [0.25, 0.3) is 10.0 Å². The van der Waals surface area contributed by atoms with Gasteiger partial charge in [-0.25, -0.2) is 8.42 Å². The lowest BCUT2D eigenvalue weighted by atomic mass is 10.1. The standard InChI is InChI=1S/C26H30N2O6S/c1-18-6-15-24(34-5)25(16-18)35(30,31)28(21-9-13-23(33-4)14-10-21)17-26(29)27-19(2)20-7-11-22(32-3)12-8-20/h6-16,19H,17H2,1-5H3,(H,27,29)/t19-/m0/s1. The number of sulfonamides is 1. The summed E-state index contributed by atoms with van der Waals surface area (Å²) in [4.78, 5) is 13.0. The van der Waals surface area contributed by atoms with Gasteiger partial charge in [0.2, 0.25) is 5.91 Å². The van der Waals surface area contributed by atoms with Crippen LogP contribution in [0.1, 0.15) is 24.1 Å². The third-order valence-electron chi connectivity index (χ3n) is 5.53. The highest BCUT2D eigenvalue weighted by atomic mass is 32.2. The first kappa shape index (κ1) is 25.9. The number of nitrogens with one attached hydrogen (secondary N) is 1. The summed E-state index contributed by atoms with van der Waals surface area (Å²) in [6.07, 6.45) is 0. The van der Waals surface area contributed by atoms with Crippen LogP contribution in [0, 0.1) is 6.92 Å². The number of amides is 1. The Bertz CT molecular complexity index is 1260. The first-order valence-corrected chi connectivity index (χ1v) is 12.4. The molecular formula is C26H30N2O6S. The molecule has 3 aromatic carbocycles. The third kappa shape index (κ3) is 6.05. The highest BCUT2D eigenvalue weighted by molar-refractivity contribution is 7.93. The molecule has 0 heterocycles. The molecule has 0 fully saturated rings. The maximum atomic E-state index is 13.8. The first-order valence-electron chi connectivity index (χ1n) is 10.9. The van der Waals surface area contributed by atoms with Crippen molar-refractivity contribution in [2.75, 3.05) is 32.2 Å². The molecule has 0 unspecified atom stereocenters. The van der Waals surface area contributed by atoms with E-state index in [1.165, 1.54) is 20.3 Å². The molecule has 8 nitrogen and oxygen atoms in total. The smallest absolute Gasteiger partial charge is 0.268 e. The van der Waals surface area contributed by atoms with Crippen LogP contribution in [-0.4, -0.2) is 42.2 Å². The summed E-state index contributed by atoms with van der Waals surface area (Å²) in [7, 11) is 0.358. The van der Waals surface area contributed by atoms with Crippen molar-refractivity contribution < 1.29 is 27.4 Å². The number of ether oxygens (including phenoxy) is 3. The number of rotatable bonds is 10. The predicted molar refractivity (Wildman–Crippen MR) is 135 cm³/mol. The molecular weight excluding hydrogens is 468 g/mol. The summed E-state index contributed by atoms with van der Waals surface area (Å²) < 4.78 is 44.4.